The van der Waals surface area contributed by atoms with E-state index in [1.54, 1.807) is 19.1 Å². The summed E-state index contributed by atoms with van der Waals surface area (Å²) in [5.74, 6) is -0.321. The lowest BCUT2D eigenvalue weighted by Gasteiger charge is -2.12. The molecule has 0 spiro atoms. The van der Waals surface area contributed by atoms with Gasteiger partial charge in [-0.25, -0.2) is 4.79 Å². The Hall–Kier alpha value is -3.01. The van der Waals surface area contributed by atoms with Gasteiger partial charge in [-0.15, -0.1) is 0 Å². The van der Waals surface area contributed by atoms with E-state index in [4.69, 9.17) is 10.5 Å². The number of rotatable bonds is 4. The maximum Gasteiger partial charge on any atom is 0.338 e. The lowest BCUT2D eigenvalue weighted by molar-refractivity contribution is 0.0526. The van der Waals surface area contributed by atoms with Crippen LogP contribution in [0.1, 0.15) is 17.3 Å². The van der Waals surface area contributed by atoms with Gasteiger partial charge >= 0.3 is 5.97 Å². The number of benzene rings is 3. The zero-order chi connectivity index (χ0) is 16.2. The number of nitrogens with one attached hydrogen (secondary N) is 1. The number of esters is 1. The van der Waals surface area contributed by atoms with Crippen LogP contribution in [0.2, 0.25) is 0 Å². The molecule has 3 rings (SSSR count). The number of carbonyl (C=O) groups excluding carboxylic acids is 1. The van der Waals surface area contributed by atoms with E-state index in [1.165, 1.54) is 0 Å². The average molecular weight is 306 g/mol. The van der Waals surface area contributed by atoms with Gasteiger partial charge in [0.05, 0.1) is 12.2 Å². The summed E-state index contributed by atoms with van der Waals surface area (Å²) in [6.45, 7) is 2.15. The molecule has 0 atom stereocenters. The van der Waals surface area contributed by atoms with Crippen LogP contribution in [0, 0.1) is 0 Å². The number of carbonyl (C=O) groups is 1. The fourth-order valence-electron chi connectivity index (χ4n) is 2.54. The minimum atomic E-state index is -0.321. The van der Waals surface area contributed by atoms with Crippen LogP contribution in [0.3, 0.4) is 0 Å². The monoisotopic (exact) mass is 306 g/mol. The second-order valence-corrected chi connectivity index (χ2v) is 5.17. The third-order valence-corrected chi connectivity index (χ3v) is 3.61. The first-order chi connectivity index (χ1) is 11.2. The van der Waals surface area contributed by atoms with Gasteiger partial charge in [-0.2, -0.15) is 0 Å². The van der Waals surface area contributed by atoms with Crippen molar-refractivity contribution < 1.29 is 9.53 Å². The maximum absolute atomic E-state index is 11.8. The normalized spacial score (nSPS) is 10.5. The minimum Gasteiger partial charge on any atom is -0.462 e. The van der Waals surface area contributed by atoms with Crippen LogP contribution in [0.15, 0.2) is 60.7 Å². The molecule has 0 unspecified atom stereocenters. The quantitative estimate of drug-likeness (QED) is 0.556. The number of ether oxygens (including phenoxy) is 1. The smallest absolute Gasteiger partial charge is 0.338 e. The van der Waals surface area contributed by atoms with Crippen molar-refractivity contribution in [1.82, 2.24) is 0 Å². The molecule has 0 fully saturated rings. The molecule has 0 aliphatic heterocycles. The molecular weight excluding hydrogens is 288 g/mol. The Bertz CT molecular complexity index is 859. The van der Waals surface area contributed by atoms with Crippen LogP contribution in [-0.4, -0.2) is 12.6 Å². The third kappa shape index (κ3) is 3.11. The van der Waals surface area contributed by atoms with Crippen LogP contribution in [0.4, 0.5) is 17.1 Å². The number of hydrogen-bond acceptors (Lipinski definition) is 4. The molecule has 116 valence electrons. The van der Waals surface area contributed by atoms with Gasteiger partial charge < -0.3 is 15.8 Å². The zero-order valence-electron chi connectivity index (χ0n) is 12.9. The van der Waals surface area contributed by atoms with E-state index >= 15 is 0 Å². The molecule has 3 aromatic carbocycles. The molecule has 0 aromatic heterocycles. The van der Waals surface area contributed by atoms with Crippen molar-refractivity contribution in [3.05, 3.63) is 66.2 Å². The van der Waals surface area contributed by atoms with Crippen LogP contribution < -0.4 is 11.1 Å². The lowest BCUT2D eigenvalue weighted by Crippen LogP contribution is -2.05. The molecule has 4 heteroatoms. The zero-order valence-corrected chi connectivity index (χ0v) is 12.9. The number of nitrogen functional groups attached to an aromatic ring is 1. The van der Waals surface area contributed by atoms with E-state index in [0.717, 1.165) is 27.8 Å². The molecule has 0 saturated carbocycles. The van der Waals surface area contributed by atoms with Crippen LogP contribution >= 0.6 is 0 Å². The van der Waals surface area contributed by atoms with Gasteiger partial charge in [0, 0.05) is 27.8 Å². The molecule has 0 heterocycles. The van der Waals surface area contributed by atoms with Gasteiger partial charge in [0.15, 0.2) is 0 Å². The van der Waals surface area contributed by atoms with E-state index in [2.05, 4.69) is 5.32 Å². The topological polar surface area (TPSA) is 64.3 Å². The molecule has 4 nitrogen and oxygen atoms in total. The minimum absolute atomic E-state index is 0.321. The molecule has 0 aliphatic rings. The largest absolute Gasteiger partial charge is 0.462 e. The molecule has 3 N–H and O–H groups in total. The number of nitrogens with two attached hydrogens (primary N) is 1. The first-order valence-electron chi connectivity index (χ1n) is 7.50. The van der Waals surface area contributed by atoms with Crippen LogP contribution in [-0.2, 0) is 4.74 Å². The Balaban J connectivity index is 1.95. The first kappa shape index (κ1) is 14.9. The second kappa shape index (κ2) is 6.40. The SMILES string of the molecule is CCOC(=O)c1cccc(Nc2cccc3c(N)cccc23)c1. The first-order valence-corrected chi connectivity index (χ1v) is 7.50. The Morgan fingerprint density at radius 3 is 2.61 bits per heavy atom. The Morgan fingerprint density at radius 1 is 1.04 bits per heavy atom. The highest BCUT2D eigenvalue weighted by atomic mass is 16.5. The van der Waals surface area contributed by atoms with E-state index in [9.17, 15) is 4.79 Å². The highest BCUT2D eigenvalue weighted by Crippen LogP contribution is 2.29. The van der Waals surface area contributed by atoms with Gasteiger partial charge in [0.1, 0.15) is 0 Å². The van der Waals surface area contributed by atoms with Gasteiger partial charge in [0.2, 0.25) is 0 Å². The Labute approximate surface area is 134 Å². The summed E-state index contributed by atoms with van der Waals surface area (Å²) in [5.41, 5.74) is 9.06. The van der Waals surface area contributed by atoms with Crippen molar-refractivity contribution in [1.29, 1.82) is 0 Å². The summed E-state index contributed by atoms with van der Waals surface area (Å²) in [4.78, 5) is 11.8. The maximum atomic E-state index is 11.8. The summed E-state index contributed by atoms with van der Waals surface area (Å²) in [7, 11) is 0. The van der Waals surface area contributed by atoms with Gasteiger partial charge in [-0.1, -0.05) is 30.3 Å². The third-order valence-electron chi connectivity index (χ3n) is 3.61. The standard InChI is InChI=1S/C19H18N2O2/c1-2-23-19(22)13-6-3-7-14(12-13)21-18-11-5-8-15-16(18)9-4-10-17(15)20/h3-12,21H,2,20H2,1H3. The highest BCUT2D eigenvalue weighted by Gasteiger charge is 2.08. The summed E-state index contributed by atoms with van der Waals surface area (Å²) < 4.78 is 5.04. The van der Waals surface area contributed by atoms with Gasteiger partial charge in [0.25, 0.3) is 0 Å². The summed E-state index contributed by atoms with van der Waals surface area (Å²) >= 11 is 0. The van der Waals surface area contributed by atoms with E-state index in [0.29, 0.717) is 12.2 Å². The van der Waals surface area contributed by atoms with Crippen molar-refractivity contribution in [2.24, 2.45) is 0 Å². The Morgan fingerprint density at radius 2 is 1.78 bits per heavy atom. The summed E-state index contributed by atoms with van der Waals surface area (Å²) in [5, 5.41) is 5.38. The van der Waals surface area contributed by atoms with Gasteiger partial charge in [-0.05, 0) is 37.3 Å². The molecule has 0 aliphatic carbocycles. The molecular formula is C19H18N2O2. The molecule has 3 aromatic rings. The van der Waals surface area contributed by atoms with Crippen molar-refractivity contribution >= 4 is 33.8 Å². The van der Waals surface area contributed by atoms with E-state index in [1.807, 2.05) is 48.5 Å². The average Bonchev–Trinajstić information content (AvgIpc) is 2.56. The second-order valence-electron chi connectivity index (χ2n) is 5.17. The fourth-order valence-corrected chi connectivity index (χ4v) is 2.54. The molecule has 0 amide bonds. The van der Waals surface area contributed by atoms with E-state index < -0.39 is 0 Å². The number of hydrogen-bond donors (Lipinski definition) is 2. The van der Waals surface area contributed by atoms with Gasteiger partial charge in [-0.3, -0.25) is 0 Å². The summed E-state index contributed by atoms with van der Waals surface area (Å²) in [6, 6.07) is 19.0. The fraction of sp³-hybridized carbons (Fsp3) is 0.105. The van der Waals surface area contributed by atoms with Crippen molar-refractivity contribution in [3.8, 4) is 0 Å². The number of anilines is 3. The van der Waals surface area contributed by atoms with E-state index in [-0.39, 0.29) is 5.97 Å². The van der Waals surface area contributed by atoms with Crippen LogP contribution in [0.5, 0.6) is 0 Å². The molecule has 0 saturated heterocycles. The molecule has 0 bridgehead atoms. The molecule has 0 radical (unpaired) electrons. The molecule has 23 heavy (non-hydrogen) atoms. The predicted molar refractivity (Wildman–Crippen MR) is 94.0 cm³/mol. The van der Waals surface area contributed by atoms with Crippen molar-refractivity contribution in [2.45, 2.75) is 6.92 Å². The predicted octanol–water partition coefficient (Wildman–Crippen LogP) is 4.34. The lowest BCUT2D eigenvalue weighted by atomic mass is 10.1. The highest BCUT2D eigenvalue weighted by molar-refractivity contribution is 6.01. The Kier molecular flexibility index (Phi) is 4.15. The summed E-state index contributed by atoms with van der Waals surface area (Å²) in [6.07, 6.45) is 0. The van der Waals surface area contributed by atoms with Crippen molar-refractivity contribution in [3.63, 3.8) is 0 Å². The van der Waals surface area contributed by atoms with Crippen LogP contribution in [0.25, 0.3) is 10.8 Å². The number of fused-ring (bicyclic) bond motifs is 1. The van der Waals surface area contributed by atoms with Crippen molar-refractivity contribution in [2.75, 3.05) is 17.7 Å².